The summed E-state index contributed by atoms with van der Waals surface area (Å²) in [5.41, 5.74) is 2.67. The lowest BCUT2D eigenvalue weighted by atomic mass is 9.99. The summed E-state index contributed by atoms with van der Waals surface area (Å²) < 4.78 is 46.4. The van der Waals surface area contributed by atoms with Gasteiger partial charge in [0.25, 0.3) is 5.91 Å². The number of rotatable bonds is 7. The number of ether oxygens (including phenoxy) is 1. The van der Waals surface area contributed by atoms with Gasteiger partial charge in [0, 0.05) is 48.5 Å². The number of carbonyl (C=O) groups is 1. The first kappa shape index (κ1) is 27.3. The van der Waals surface area contributed by atoms with Crippen LogP contribution >= 0.6 is 11.6 Å². The number of benzene rings is 3. The Morgan fingerprint density at radius 3 is 2.73 bits per heavy atom. The Labute approximate surface area is 234 Å². The van der Waals surface area contributed by atoms with Crippen LogP contribution in [0.3, 0.4) is 0 Å². The predicted octanol–water partition coefficient (Wildman–Crippen LogP) is 6.79. The molecular formula is C30H26ClF3N4O2. The van der Waals surface area contributed by atoms with Crippen molar-refractivity contribution in [2.45, 2.75) is 19.3 Å². The molecule has 0 radical (unpaired) electrons. The van der Waals surface area contributed by atoms with Crippen molar-refractivity contribution in [1.82, 2.24) is 10.3 Å². The number of methoxy groups -OCH3 is 1. The molecule has 0 spiro atoms. The maximum Gasteiger partial charge on any atom is 0.416 e. The number of pyridine rings is 1. The number of nitrogens with zero attached hydrogens (tertiary/aromatic N) is 2. The molecule has 10 heteroatoms. The van der Waals surface area contributed by atoms with E-state index in [0.717, 1.165) is 11.6 Å². The van der Waals surface area contributed by atoms with Crippen molar-refractivity contribution in [1.29, 1.82) is 0 Å². The topological polar surface area (TPSA) is 66.5 Å². The van der Waals surface area contributed by atoms with Gasteiger partial charge in [0.05, 0.1) is 18.4 Å². The summed E-state index contributed by atoms with van der Waals surface area (Å²) in [4.78, 5) is 19.6. The van der Waals surface area contributed by atoms with Crippen molar-refractivity contribution >= 4 is 29.0 Å². The zero-order valence-corrected chi connectivity index (χ0v) is 22.3. The molecule has 4 aromatic rings. The molecule has 1 aromatic heterocycles. The maximum absolute atomic E-state index is 13.7. The molecule has 0 unspecified atom stereocenters. The Morgan fingerprint density at radius 2 is 1.93 bits per heavy atom. The first-order valence-electron chi connectivity index (χ1n) is 12.6. The van der Waals surface area contributed by atoms with E-state index in [2.05, 4.69) is 15.6 Å². The average molecular weight is 567 g/mol. The molecule has 1 aliphatic heterocycles. The van der Waals surface area contributed by atoms with E-state index in [1.807, 2.05) is 47.4 Å². The molecule has 5 rings (SSSR count). The van der Waals surface area contributed by atoms with Crippen LogP contribution in [-0.4, -0.2) is 31.1 Å². The lowest BCUT2D eigenvalue weighted by Crippen LogP contribution is -2.34. The number of halogens is 4. The highest BCUT2D eigenvalue weighted by Gasteiger charge is 2.34. The minimum Gasteiger partial charge on any atom is -0.497 e. The van der Waals surface area contributed by atoms with Crippen LogP contribution in [0.2, 0.25) is 5.02 Å². The van der Waals surface area contributed by atoms with Gasteiger partial charge < -0.3 is 20.3 Å². The van der Waals surface area contributed by atoms with Gasteiger partial charge in [-0.15, -0.1) is 0 Å². The number of anilines is 2. The summed E-state index contributed by atoms with van der Waals surface area (Å²) in [5.74, 6) is 0.996. The standard InChI is InChI=1S/C30H26ClF3N4O2/c1-40-23-6-4-5-19(13-23)16-37-29(39)25-8-3-2-7-24(25)20-15-27-28(36-17-20)35-11-12-38(27)18-21-14-22(31)9-10-26(21)30(32,33)34/h2-10,13-15,17H,11-12,16,18H2,1H3,(H,35,36)(H,37,39). The number of aromatic nitrogens is 1. The van der Waals surface area contributed by atoms with Gasteiger partial charge in [-0.2, -0.15) is 13.2 Å². The van der Waals surface area contributed by atoms with Gasteiger partial charge >= 0.3 is 6.18 Å². The quantitative estimate of drug-likeness (QED) is 0.258. The highest BCUT2D eigenvalue weighted by atomic mass is 35.5. The van der Waals surface area contributed by atoms with E-state index in [4.69, 9.17) is 16.3 Å². The molecule has 0 aliphatic carbocycles. The van der Waals surface area contributed by atoms with Crippen molar-refractivity contribution < 1.29 is 22.7 Å². The summed E-state index contributed by atoms with van der Waals surface area (Å²) >= 11 is 6.06. The third kappa shape index (κ3) is 5.99. The van der Waals surface area contributed by atoms with Crippen molar-refractivity contribution in [2.75, 3.05) is 30.4 Å². The average Bonchev–Trinajstić information content (AvgIpc) is 2.95. The number of fused-ring (bicyclic) bond motifs is 1. The highest BCUT2D eigenvalue weighted by Crippen LogP contribution is 2.37. The fourth-order valence-electron chi connectivity index (χ4n) is 4.74. The van der Waals surface area contributed by atoms with E-state index < -0.39 is 11.7 Å². The second-order valence-corrected chi connectivity index (χ2v) is 9.76. The van der Waals surface area contributed by atoms with Gasteiger partial charge in [0.2, 0.25) is 0 Å². The van der Waals surface area contributed by atoms with Gasteiger partial charge in [0.1, 0.15) is 11.6 Å². The monoisotopic (exact) mass is 566 g/mol. The number of alkyl halides is 3. The highest BCUT2D eigenvalue weighted by molar-refractivity contribution is 6.30. The Hall–Kier alpha value is -4.24. The van der Waals surface area contributed by atoms with Crippen LogP contribution in [0.15, 0.2) is 79.0 Å². The lowest BCUT2D eigenvalue weighted by molar-refractivity contribution is -0.138. The van der Waals surface area contributed by atoms with E-state index in [1.54, 1.807) is 25.4 Å². The van der Waals surface area contributed by atoms with Crippen molar-refractivity contribution in [2.24, 2.45) is 0 Å². The van der Waals surface area contributed by atoms with E-state index >= 15 is 0 Å². The molecule has 2 heterocycles. The first-order valence-corrected chi connectivity index (χ1v) is 13.0. The maximum atomic E-state index is 13.7. The molecule has 6 nitrogen and oxygen atoms in total. The molecule has 0 saturated heterocycles. The van der Waals surface area contributed by atoms with Gasteiger partial charge in [-0.25, -0.2) is 4.98 Å². The Balaban J connectivity index is 1.43. The van der Waals surface area contributed by atoms with Crippen molar-refractivity contribution in [3.05, 3.63) is 106 Å². The summed E-state index contributed by atoms with van der Waals surface area (Å²) in [6.45, 7) is 1.29. The SMILES string of the molecule is COc1cccc(CNC(=O)c2ccccc2-c2cnc3c(c2)N(Cc2cc(Cl)ccc2C(F)(F)F)CCN3)c1. The molecular weight excluding hydrogens is 541 g/mol. The molecule has 206 valence electrons. The predicted molar refractivity (Wildman–Crippen MR) is 150 cm³/mol. The zero-order valence-electron chi connectivity index (χ0n) is 21.6. The molecule has 0 saturated carbocycles. The minimum absolute atomic E-state index is 0.00210. The summed E-state index contributed by atoms with van der Waals surface area (Å²) in [7, 11) is 1.58. The normalized spacial score (nSPS) is 12.9. The molecule has 2 N–H and O–H groups in total. The number of amides is 1. The van der Waals surface area contributed by atoms with Gasteiger partial charge in [-0.3, -0.25) is 4.79 Å². The molecule has 1 amide bonds. The number of carbonyl (C=O) groups excluding carboxylic acids is 1. The first-order chi connectivity index (χ1) is 19.2. The molecule has 40 heavy (non-hydrogen) atoms. The number of hydrogen-bond acceptors (Lipinski definition) is 5. The van der Waals surface area contributed by atoms with Crippen LogP contribution < -0.4 is 20.3 Å². The number of nitrogens with one attached hydrogen (secondary N) is 2. The summed E-state index contributed by atoms with van der Waals surface area (Å²) in [6, 6.07) is 20.0. The minimum atomic E-state index is -4.51. The van der Waals surface area contributed by atoms with E-state index in [-0.39, 0.29) is 23.0 Å². The van der Waals surface area contributed by atoms with Gasteiger partial charge in [-0.05, 0) is 59.2 Å². The van der Waals surface area contributed by atoms with Crippen LogP contribution in [0.1, 0.15) is 27.0 Å². The van der Waals surface area contributed by atoms with Crippen molar-refractivity contribution in [3.63, 3.8) is 0 Å². The molecule has 0 fully saturated rings. The Bertz CT molecular complexity index is 1540. The number of hydrogen-bond donors (Lipinski definition) is 2. The second-order valence-electron chi connectivity index (χ2n) is 9.32. The van der Waals surface area contributed by atoms with Crippen LogP contribution in [0.25, 0.3) is 11.1 Å². The molecule has 0 atom stereocenters. The van der Waals surface area contributed by atoms with Crippen LogP contribution in [0.4, 0.5) is 24.7 Å². The summed E-state index contributed by atoms with van der Waals surface area (Å²) in [6.07, 6.45) is -2.85. The molecule has 0 bridgehead atoms. The lowest BCUT2D eigenvalue weighted by Gasteiger charge is -2.32. The fraction of sp³-hybridized carbons (Fsp3) is 0.200. The van der Waals surface area contributed by atoms with Gasteiger partial charge in [-0.1, -0.05) is 41.9 Å². The molecule has 3 aromatic carbocycles. The third-order valence-electron chi connectivity index (χ3n) is 6.69. The molecule has 1 aliphatic rings. The fourth-order valence-corrected chi connectivity index (χ4v) is 4.93. The third-order valence-corrected chi connectivity index (χ3v) is 6.92. The van der Waals surface area contributed by atoms with E-state index in [9.17, 15) is 18.0 Å². The van der Waals surface area contributed by atoms with Crippen molar-refractivity contribution in [3.8, 4) is 16.9 Å². The second kappa shape index (κ2) is 11.5. The van der Waals surface area contributed by atoms with Crippen LogP contribution in [0.5, 0.6) is 5.75 Å². The Morgan fingerprint density at radius 1 is 1.10 bits per heavy atom. The smallest absolute Gasteiger partial charge is 0.416 e. The largest absolute Gasteiger partial charge is 0.497 e. The van der Waals surface area contributed by atoms with E-state index in [1.165, 1.54) is 12.1 Å². The van der Waals surface area contributed by atoms with Crippen LogP contribution in [0, 0.1) is 0 Å². The summed E-state index contributed by atoms with van der Waals surface area (Å²) in [5, 5.41) is 6.39. The van der Waals surface area contributed by atoms with E-state index in [0.29, 0.717) is 53.6 Å². The Kier molecular flexibility index (Phi) is 7.84. The van der Waals surface area contributed by atoms with Gasteiger partial charge in [0.15, 0.2) is 0 Å². The van der Waals surface area contributed by atoms with Crippen LogP contribution in [-0.2, 0) is 19.3 Å². The zero-order chi connectivity index (χ0) is 28.3.